The molecule has 1 saturated carbocycles. The third-order valence-electron chi connectivity index (χ3n) is 4.73. The molecule has 142 valence electrons. The van der Waals surface area contributed by atoms with E-state index in [1.807, 2.05) is 0 Å². The van der Waals surface area contributed by atoms with Gasteiger partial charge >= 0.3 is 0 Å². The number of benzene rings is 1. The molecule has 0 unspecified atom stereocenters. The first-order valence-corrected chi connectivity index (χ1v) is 10.2. The van der Waals surface area contributed by atoms with Gasteiger partial charge in [-0.3, -0.25) is 20.4 Å². The Kier molecular flexibility index (Phi) is 5.90. The fourth-order valence-electron chi connectivity index (χ4n) is 3.21. The fourth-order valence-corrected chi connectivity index (χ4v) is 4.67. The maximum absolute atomic E-state index is 12.7. The summed E-state index contributed by atoms with van der Waals surface area (Å²) < 4.78 is 31.9. The lowest BCUT2D eigenvalue weighted by Gasteiger charge is -2.26. The van der Waals surface area contributed by atoms with Gasteiger partial charge in [0.1, 0.15) is 0 Å². The molecule has 8 nitrogen and oxygen atoms in total. The third kappa shape index (κ3) is 4.22. The number of carbonyl (C=O) groups excluding carboxylic acids is 2. The van der Waals surface area contributed by atoms with Crippen LogP contribution in [0.1, 0.15) is 36.0 Å². The van der Waals surface area contributed by atoms with Gasteiger partial charge in [0, 0.05) is 24.6 Å². The molecular weight excluding hydrogens is 358 g/mol. The molecule has 0 spiro atoms. The summed E-state index contributed by atoms with van der Waals surface area (Å²) in [5, 5.41) is 0. The zero-order valence-corrected chi connectivity index (χ0v) is 15.3. The minimum Gasteiger partial charge on any atom is -0.379 e. The molecule has 2 amide bonds. The lowest BCUT2D eigenvalue weighted by molar-refractivity contribution is -0.125. The molecule has 1 aliphatic carbocycles. The molecule has 0 bridgehead atoms. The van der Waals surface area contributed by atoms with E-state index in [1.165, 1.54) is 28.6 Å². The Morgan fingerprint density at radius 2 is 1.77 bits per heavy atom. The van der Waals surface area contributed by atoms with Gasteiger partial charge in [-0.15, -0.1) is 0 Å². The highest BCUT2D eigenvalue weighted by molar-refractivity contribution is 7.89. The van der Waals surface area contributed by atoms with Crippen molar-refractivity contribution in [3.8, 4) is 0 Å². The van der Waals surface area contributed by atoms with Crippen molar-refractivity contribution < 1.29 is 22.7 Å². The van der Waals surface area contributed by atoms with Crippen LogP contribution in [0, 0.1) is 5.92 Å². The van der Waals surface area contributed by atoms with Gasteiger partial charge < -0.3 is 4.74 Å². The molecule has 2 fully saturated rings. The second kappa shape index (κ2) is 8.15. The molecule has 26 heavy (non-hydrogen) atoms. The van der Waals surface area contributed by atoms with Gasteiger partial charge in [-0.05, 0) is 31.0 Å². The smallest absolute Gasteiger partial charge is 0.269 e. The Morgan fingerprint density at radius 3 is 2.46 bits per heavy atom. The first-order chi connectivity index (χ1) is 12.5. The second-order valence-corrected chi connectivity index (χ2v) is 8.41. The highest BCUT2D eigenvalue weighted by atomic mass is 32.2. The zero-order chi connectivity index (χ0) is 18.6. The molecule has 3 rings (SSSR count). The highest BCUT2D eigenvalue weighted by Crippen LogP contribution is 2.24. The summed E-state index contributed by atoms with van der Waals surface area (Å²) >= 11 is 0. The Balaban J connectivity index is 1.66. The Bertz CT molecular complexity index is 768. The van der Waals surface area contributed by atoms with E-state index in [-0.39, 0.29) is 35.4 Å². The first kappa shape index (κ1) is 18.8. The third-order valence-corrected chi connectivity index (χ3v) is 6.62. The van der Waals surface area contributed by atoms with Gasteiger partial charge in [-0.1, -0.05) is 18.9 Å². The standard InChI is InChI=1S/C17H23N3O5S/c21-16(13-4-1-2-5-13)18-19-17(22)14-6-3-7-15(12-14)26(23,24)20-8-10-25-11-9-20/h3,6-7,12-13H,1-2,4-5,8-11H2,(H,18,21)(H,19,22). The highest BCUT2D eigenvalue weighted by Gasteiger charge is 2.27. The van der Waals surface area contributed by atoms with Crippen molar-refractivity contribution in [2.75, 3.05) is 26.3 Å². The maximum atomic E-state index is 12.7. The number of hydrogen-bond donors (Lipinski definition) is 2. The zero-order valence-electron chi connectivity index (χ0n) is 14.4. The lowest BCUT2D eigenvalue weighted by Crippen LogP contribution is -2.44. The van der Waals surface area contributed by atoms with E-state index >= 15 is 0 Å². The molecule has 2 N–H and O–H groups in total. The van der Waals surface area contributed by atoms with Crippen molar-refractivity contribution in [1.82, 2.24) is 15.2 Å². The largest absolute Gasteiger partial charge is 0.379 e. The summed E-state index contributed by atoms with van der Waals surface area (Å²) in [7, 11) is -3.68. The van der Waals surface area contributed by atoms with Crippen LogP contribution in [0.2, 0.25) is 0 Å². The Hall–Kier alpha value is -1.97. The van der Waals surface area contributed by atoms with Crippen LogP contribution in [0.5, 0.6) is 0 Å². The van der Waals surface area contributed by atoms with Gasteiger partial charge in [0.2, 0.25) is 15.9 Å². The molecule has 9 heteroatoms. The monoisotopic (exact) mass is 381 g/mol. The number of ether oxygens (including phenoxy) is 1. The SMILES string of the molecule is O=C(NNC(=O)C1CCCC1)c1cccc(S(=O)(=O)N2CCOCC2)c1. The number of hydrogen-bond acceptors (Lipinski definition) is 5. The molecule has 0 atom stereocenters. The average molecular weight is 381 g/mol. The normalized spacial score (nSPS) is 19.2. The predicted molar refractivity (Wildman–Crippen MR) is 93.6 cm³/mol. The molecular formula is C17H23N3O5S. The molecule has 0 radical (unpaired) electrons. The molecule has 1 aliphatic heterocycles. The van der Waals surface area contributed by atoms with Crippen molar-refractivity contribution in [3.63, 3.8) is 0 Å². The number of carbonyl (C=O) groups is 2. The van der Waals surface area contributed by atoms with Crippen LogP contribution in [0.4, 0.5) is 0 Å². The minimum absolute atomic E-state index is 0.0502. The molecule has 1 saturated heterocycles. The van der Waals surface area contributed by atoms with Crippen LogP contribution in [0.15, 0.2) is 29.2 Å². The van der Waals surface area contributed by atoms with E-state index in [1.54, 1.807) is 0 Å². The van der Waals surface area contributed by atoms with E-state index in [0.29, 0.717) is 13.2 Å². The van der Waals surface area contributed by atoms with Gasteiger partial charge in [0.15, 0.2) is 0 Å². The second-order valence-electron chi connectivity index (χ2n) is 6.47. The number of nitrogens with zero attached hydrogens (tertiary/aromatic N) is 1. The fraction of sp³-hybridized carbons (Fsp3) is 0.529. The average Bonchev–Trinajstić information content (AvgIpc) is 3.21. The Labute approximate surface area is 152 Å². The van der Waals surface area contributed by atoms with Gasteiger partial charge in [-0.25, -0.2) is 8.42 Å². The molecule has 2 aliphatic rings. The van der Waals surface area contributed by atoms with E-state index in [4.69, 9.17) is 4.74 Å². The molecule has 0 aromatic heterocycles. The van der Waals surface area contributed by atoms with E-state index in [0.717, 1.165) is 25.7 Å². The molecule has 1 heterocycles. The van der Waals surface area contributed by atoms with Crippen LogP contribution < -0.4 is 10.9 Å². The quantitative estimate of drug-likeness (QED) is 0.746. The van der Waals surface area contributed by atoms with E-state index in [2.05, 4.69) is 10.9 Å². The summed E-state index contributed by atoms with van der Waals surface area (Å²) in [5.41, 5.74) is 4.97. The van der Waals surface area contributed by atoms with Crippen LogP contribution in [-0.4, -0.2) is 50.8 Å². The van der Waals surface area contributed by atoms with E-state index in [9.17, 15) is 18.0 Å². The number of amides is 2. The van der Waals surface area contributed by atoms with Crippen LogP contribution in [-0.2, 0) is 19.6 Å². The van der Waals surface area contributed by atoms with Crippen molar-refractivity contribution in [2.45, 2.75) is 30.6 Å². The van der Waals surface area contributed by atoms with Crippen molar-refractivity contribution >= 4 is 21.8 Å². The number of sulfonamides is 1. The summed E-state index contributed by atoms with van der Waals surface area (Å²) in [6, 6.07) is 5.80. The number of hydrazine groups is 1. The van der Waals surface area contributed by atoms with Crippen molar-refractivity contribution in [2.24, 2.45) is 5.92 Å². The summed E-state index contributed by atoms with van der Waals surface area (Å²) in [5.74, 6) is -0.813. The molecule has 1 aromatic carbocycles. The summed E-state index contributed by atoms with van der Waals surface area (Å²) in [6.45, 7) is 1.28. The molecule has 1 aromatic rings. The number of morpholine rings is 1. The lowest BCUT2D eigenvalue weighted by atomic mass is 10.1. The van der Waals surface area contributed by atoms with Crippen LogP contribution >= 0.6 is 0 Å². The summed E-state index contributed by atoms with van der Waals surface area (Å²) in [6.07, 6.45) is 3.70. The van der Waals surface area contributed by atoms with E-state index < -0.39 is 15.9 Å². The van der Waals surface area contributed by atoms with Gasteiger partial charge in [0.25, 0.3) is 5.91 Å². The van der Waals surface area contributed by atoms with Crippen LogP contribution in [0.25, 0.3) is 0 Å². The Morgan fingerprint density at radius 1 is 1.08 bits per heavy atom. The number of nitrogens with one attached hydrogen (secondary N) is 2. The van der Waals surface area contributed by atoms with Crippen molar-refractivity contribution in [1.29, 1.82) is 0 Å². The number of rotatable bonds is 4. The summed E-state index contributed by atoms with van der Waals surface area (Å²) in [4.78, 5) is 24.3. The first-order valence-electron chi connectivity index (χ1n) is 8.76. The van der Waals surface area contributed by atoms with Crippen LogP contribution in [0.3, 0.4) is 0 Å². The van der Waals surface area contributed by atoms with Crippen molar-refractivity contribution in [3.05, 3.63) is 29.8 Å². The van der Waals surface area contributed by atoms with Gasteiger partial charge in [-0.2, -0.15) is 4.31 Å². The predicted octanol–water partition coefficient (Wildman–Crippen LogP) is 0.659. The maximum Gasteiger partial charge on any atom is 0.269 e. The minimum atomic E-state index is -3.68. The van der Waals surface area contributed by atoms with Gasteiger partial charge in [0.05, 0.1) is 18.1 Å². The topological polar surface area (TPSA) is 105 Å².